The molecule has 1 amide bonds. The van der Waals surface area contributed by atoms with Crippen LogP contribution < -0.4 is 10.2 Å². The van der Waals surface area contributed by atoms with Gasteiger partial charge in [0.05, 0.1) is 6.17 Å². The standard InChI is InChI=1S/C20H22N2O/c1-16(21-20(23)14-13-17-8-3-2-4-9-17)22-15-7-11-18-10-5-6-12-19(18)22/h2-6,8-10,12-14,16H,7,11,15H2,1H3,(H,21,23). The minimum atomic E-state index is -0.0654. The highest BCUT2D eigenvalue weighted by atomic mass is 16.1. The molecule has 0 spiro atoms. The van der Waals surface area contributed by atoms with Crippen molar-refractivity contribution in [2.75, 3.05) is 11.4 Å². The number of nitrogens with zero attached hydrogens (tertiary/aromatic N) is 1. The lowest BCUT2D eigenvalue weighted by Crippen LogP contribution is -2.48. The third-order valence-corrected chi connectivity index (χ3v) is 4.19. The molecule has 0 saturated heterocycles. The average molecular weight is 306 g/mol. The molecule has 0 aromatic heterocycles. The summed E-state index contributed by atoms with van der Waals surface area (Å²) in [6.07, 6.45) is 5.65. The minimum Gasteiger partial charge on any atom is -0.351 e. The number of benzene rings is 2. The van der Waals surface area contributed by atoms with Crippen LogP contribution in [-0.2, 0) is 11.2 Å². The zero-order valence-corrected chi connectivity index (χ0v) is 13.4. The molecule has 1 aliphatic heterocycles. The lowest BCUT2D eigenvalue weighted by Gasteiger charge is -2.36. The van der Waals surface area contributed by atoms with Crippen molar-refractivity contribution in [3.05, 3.63) is 71.8 Å². The normalized spacial score (nSPS) is 15.3. The van der Waals surface area contributed by atoms with Gasteiger partial charge in [0.1, 0.15) is 0 Å². The van der Waals surface area contributed by atoms with Crippen molar-refractivity contribution < 1.29 is 4.79 Å². The van der Waals surface area contributed by atoms with Gasteiger partial charge in [-0.25, -0.2) is 0 Å². The molecular weight excluding hydrogens is 284 g/mol. The number of aryl methyl sites for hydroxylation is 1. The molecule has 1 atom stereocenters. The van der Waals surface area contributed by atoms with E-state index in [2.05, 4.69) is 34.5 Å². The Kier molecular flexibility index (Phi) is 4.77. The van der Waals surface area contributed by atoms with Crippen molar-refractivity contribution in [1.29, 1.82) is 0 Å². The molecule has 0 fully saturated rings. The summed E-state index contributed by atoms with van der Waals surface area (Å²) in [7, 11) is 0. The fourth-order valence-corrected chi connectivity index (χ4v) is 3.03. The lowest BCUT2D eigenvalue weighted by atomic mass is 10.0. The molecule has 1 heterocycles. The number of amides is 1. The molecule has 2 aromatic rings. The van der Waals surface area contributed by atoms with Crippen LogP contribution in [0.15, 0.2) is 60.7 Å². The minimum absolute atomic E-state index is 0.0237. The van der Waals surface area contributed by atoms with Gasteiger partial charge in [-0.05, 0) is 43.0 Å². The number of nitrogens with one attached hydrogen (secondary N) is 1. The summed E-state index contributed by atoms with van der Waals surface area (Å²) in [5.74, 6) is -0.0654. The van der Waals surface area contributed by atoms with Gasteiger partial charge in [0.2, 0.25) is 5.91 Å². The molecule has 23 heavy (non-hydrogen) atoms. The van der Waals surface area contributed by atoms with E-state index in [9.17, 15) is 4.79 Å². The van der Waals surface area contributed by atoms with E-state index in [1.807, 2.05) is 43.3 Å². The molecule has 3 heteroatoms. The number of anilines is 1. The number of fused-ring (bicyclic) bond motifs is 1. The van der Waals surface area contributed by atoms with Crippen LogP contribution in [-0.4, -0.2) is 18.6 Å². The van der Waals surface area contributed by atoms with Gasteiger partial charge in [-0.15, -0.1) is 0 Å². The van der Waals surface area contributed by atoms with Crippen molar-refractivity contribution in [2.24, 2.45) is 0 Å². The van der Waals surface area contributed by atoms with Crippen molar-refractivity contribution >= 4 is 17.7 Å². The highest BCUT2D eigenvalue weighted by Gasteiger charge is 2.21. The van der Waals surface area contributed by atoms with Gasteiger partial charge in [0, 0.05) is 18.3 Å². The molecule has 1 unspecified atom stereocenters. The molecule has 3 nitrogen and oxygen atoms in total. The Hall–Kier alpha value is -2.55. The zero-order valence-electron chi connectivity index (χ0n) is 13.4. The van der Waals surface area contributed by atoms with Crippen LogP contribution in [0.5, 0.6) is 0 Å². The second-order valence-electron chi connectivity index (χ2n) is 5.85. The Morgan fingerprint density at radius 3 is 2.70 bits per heavy atom. The first-order valence-electron chi connectivity index (χ1n) is 8.12. The molecule has 1 N–H and O–H groups in total. The maximum absolute atomic E-state index is 12.2. The van der Waals surface area contributed by atoms with E-state index in [1.54, 1.807) is 6.08 Å². The van der Waals surface area contributed by atoms with Crippen LogP contribution in [0.2, 0.25) is 0 Å². The number of carbonyl (C=O) groups excluding carboxylic acids is 1. The van der Waals surface area contributed by atoms with Crippen LogP contribution in [0.4, 0.5) is 5.69 Å². The third-order valence-electron chi connectivity index (χ3n) is 4.19. The molecule has 0 saturated carbocycles. The largest absolute Gasteiger partial charge is 0.351 e. The Bertz CT molecular complexity index is 694. The van der Waals surface area contributed by atoms with Crippen molar-refractivity contribution in [2.45, 2.75) is 25.9 Å². The van der Waals surface area contributed by atoms with Gasteiger partial charge in [-0.2, -0.15) is 0 Å². The van der Waals surface area contributed by atoms with E-state index in [4.69, 9.17) is 0 Å². The van der Waals surface area contributed by atoms with E-state index in [0.29, 0.717) is 0 Å². The summed E-state index contributed by atoms with van der Waals surface area (Å²) in [5, 5.41) is 3.06. The second kappa shape index (κ2) is 7.14. The van der Waals surface area contributed by atoms with E-state index >= 15 is 0 Å². The number of rotatable bonds is 4. The number of carbonyl (C=O) groups is 1. The Morgan fingerprint density at radius 2 is 1.87 bits per heavy atom. The number of hydrogen-bond acceptors (Lipinski definition) is 2. The van der Waals surface area contributed by atoms with Crippen molar-refractivity contribution in [3.8, 4) is 0 Å². The van der Waals surface area contributed by atoms with Crippen LogP contribution >= 0.6 is 0 Å². The fraction of sp³-hybridized carbons (Fsp3) is 0.250. The Labute approximate surface area is 137 Å². The fourth-order valence-electron chi connectivity index (χ4n) is 3.03. The van der Waals surface area contributed by atoms with Gasteiger partial charge >= 0.3 is 0 Å². The topological polar surface area (TPSA) is 32.3 Å². The van der Waals surface area contributed by atoms with Crippen LogP contribution in [0.25, 0.3) is 6.08 Å². The summed E-state index contributed by atoms with van der Waals surface area (Å²) in [6, 6.07) is 18.3. The smallest absolute Gasteiger partial charge is 0.245 e. The molecule has 2 aromatic carbocycles. The molecular formula is C20H22N2O. The summed E-state index contributed by atoms with van der Waals surface area (Å²) in [4.78, 5) is 14.4. The molecule has 1 aliphatic rings. The summed E-state index contributed by atoms with van der Waals surface area (Å²) in [6.45, 7) is 3.01. The molecule has 3 rings (SSSR count). The average Bonchev–Trinajstić information content (AvgIpc) is 2.60. The SMILES string of the molecule is CC(NC(=O)C=Cc1ccccc1)N1CCCc2ccccc21. The molecule has 0 bridgehead atoms. The van der Waals surface area contributed by atoms with Gasteiger partial charge in [-0.3, -0.25) is 4.79 Å². The van der Waals surface area contributed by atoms with Gasteiger partial charge in [-0.1, -0.05) is 48.5 Å². The maximum Gasteiger partial charge on any atom is 0.245 e. The predicted molar refractivity (Wildman–Crippen MR) is 95.2 cm³/mol. The van der Waals surface area contributed by atoms with Gasteiger partial charge in [0.15, 0.2) is 0 Å². The van der Waals surface area contributed by atoms with E-state index in [0.717, 1.165) is 24.9 Å². The van der Waals surface area contributed by atoms with Gasteiger partial charge < -0.3 is 10.2 Å². The number of hydrogen-bond donors (Lipinski definition) is 1. The quantitative estimate of drug-likeness (QED) is 0.875. The predicted octanol–water partition coefficient (Wildman–Crippen LogP) is 3.61. The van der Waals surface area contributed by atoms with Crippen LogP contribution in [0, 0.1) is 0 Å². The van der Waals surface area contributed by atoms with Crippen molar-refractivity contribution in [1.82, 2.24) is 5.32 Å². The van der Waals surface area contributed by atoms with Crippen LogP contribution in [0.3, 0.4) is 0 Å². The first kappa shape index (κ1) is 15.3. The number of para-hydroxylation sites is 1. The highest BCUT2D eigenvalue weighted by Crippen LogP contribution is 2.27. The zero-order chi connectivity index (χ0) is 16.1. The molecule has 0 radical (unpaired) electrons. The Balaban J connectivity index is 1.64. The van der Waals surface area contributed by atoms with E-state index < -0.39 is 0 Å². The van der Waals surface area contributed by atoms with E-state index in [-0.39, 0.29) is 12.1 Å². The highest BCUT2D eigenvalue weighted by molar-refractivity contribution is 5.92. The molecule has 118 valence electrons. The first-order chi connectivity index (χ1) is 11.2. The third kappa shape index (κ3) is 3.81. The monoisotopic (exact) mass is 306 g/mol. The lowest BCUT2D eigenvalue weighted by molar-refractivity contribution is -0.117. The summed E-state index contributed by atoms with van der Waals surface area (Å²) < 4.78 is 0. The summed E-state index contributed by atoms with van der Waals surface area (Å²) in [5.41, 5.74) is 3.62. The van der Waals surface area contributed by atoms with E-state index in [1.165, 1.54) is 11.3 Å². The maximum atomic E-state index is 12.2. The van der Waals surface area contributed by atoms with Crippen LogP contribution in [0.1, 0.15) is 24.5 Å². The van der Waals surface area contributed by atoms with Crippen molar-refractivity contribution in [3.63, 3.8) is 0 Å². The van der Waals surface area contributed by atoms with Gasteiger partial charge in [0.25, 0.3) is 0 Å². The summed E-state index contributed by atoms with van der Waals surface area (Å²) >= 11 is 0. The first-order valence-corrected chi connectivity index (χ1v) is 8.12. The molecule has 0 aliphatic carbocycles. The second-order valence-corrected chi connectivity index (χ2v) is 5.85. The Morgan fingerprint density at radius 1 is 1.13 bits per heavy atom.